The van der Waals surface area contributed by atoms with Gasteiger partial charge in [0.25, 0.3) is 0 Å². The highest BCUT2D eigenvalue weighted by molar-refractivity contribution is 7.09. The van der Waals surface area contributed by atoms with Crippen LogP contribution in [0.1, 0.15) is 15.4 Å². The Hall–Kier alpha value is -1.10. The van der Waals surface area contributed by atoms with Crippen LogP contribution >= 0.6 is 34.5 Å². The minimum atomic E-state index is 0.278. The van der Waals surface area contributed by atoms with E-state index in [0.29, 0.717) is 27.6 Å². The van der Waals surface area contributed by atoms with Gasteiger partial charge in [0, 0.05) is 16.6 Å². The Bertz CT molecular complexity index is 529. The second kappa shape index (κ2) is 5.49. The first kappa shape index (κ1) is 12.4. The molecule has 0 spiro atoms. The average molecular weight is 288 g/mol. The minimum Gasteiger partial charge on any atom is -0.484 e. The van der Waals surface area contributed by atoms with Crippen molar-refractivity contribution in [2.24, 2.45) is 0 Å². The van der Waals surface area contributed by atoms with Crippen LogP contribution in [0.3, 0.4) is 0 Å². The summed E-state index contributed by atoms with van der Waals surface area (Å²) in [6.07, 6.45) is 2.35. The maximum atomic E-state index is 10.9. The summed E-state index contributed by atoms with van der Waals surface area (Å²) in [6, 6.07) is 3.05. The summed E-state index contributed by atoms with van der Waals surface area (Å²) in [4.78, 5) is 15.0. The van der Waals surface area contributed by atoms with Gasteiger partial charge in [-0.15, -0.1) is 11.3 Å². The molecule has 0 saturated heterocycles. The molecule has 0 atom stereocenters. The highest BCUT2D eigenvalue weighted by atomic mass is 35.5. The first-order chi connectivity index (χ1) is 8.20. The molecular formula is C11H7Cl2NO2S. The Morgan fingerprint density at radius 2 is 2.24 bits per heavy atom. The minimum absolute atomic E-state index is 0.278. The fraction of sp³-hybridized carbons (Fsp3) is 0.0909. The standard InChI is InChI=1S/C11H7Cl2NO2S/c12-8-3-7(5-15)11(9(13)4-8)16-6-10-14-1-2-17-10/h1-5H,6H2. The van der Waals surface area contributed by atoms with Crippen LogP contribution in [0.15, 0.2) is 23.7 Å². The highest BCUT2D eigenvalue weighted by Crippen LogP contribution is 2.32. The Balaban J connectivity index is 2.22. The summed E-state index contributed by atoms with van der Waals surface area (Å²) >= 11 is 13.2. The first-order valence-corrected chi connectivity index (χ1v) is 6.29. The summed E-state index contributed by atoms with van der Waals surface area (Å²) in [7, 11) is 0. The molecule has 0 aliphatic carbocycles. The van der Waals surface area contributed by atoms with E-state index in [9.17, 15) is 4.79 Å². The van der Waals surface area contributed by atoms with E-state index in [1.165, 1.54) is 23.5 Å². The van der Waals surface area contributed by atoms with E-state index in [-0.39, 0.29) is 6.61 Å². The summed E-state index contributed by atoms with van der Waals surface area (Å²) in [6.45, 7) is 0.278. The predicted molar refractivity (Wildman–Crippen MR) is 68.3 cm³/mol. The number of carbonyl (C=O) groups excluding carboxylic acids is 1. The van der Waals surface area contributed by atoms with Crippen LogP contribution in [0, 0.1) is 0 Å². The Morgan fingerprint density at radius 1 is 1.41 bits per heavy atom. The third kappa shape index (κ3) is 2.97. The van der Waals surface area contributed by atoms with Crippen molar-refractivity contribution in [1.82, 2.24) is 4.98 Å². The van der Waals surface area contributed by atoms with Crippen LogP contribution in [-0.4, -0.2) is 11.3 Å². The van der Waals surface area contributed by atoms with Gasteiger partial charge in [-0.3, -0.25) is 4.79 Å². The molecule has 1 aromatic carbocycles. The number of carbonyl (C=O) groups is 1. The fourth-order valence-electron chi connectivity index (χ4n) is 1.28. The van der Waals surface area contributed by atoms with Gasteiger partial charge < -0.3 is 4.74 Å². The molecule has 0 bridgehead atoms. The van der Waals surface area contributed by atoms with E-state index in [4.69, 9.17) is 27.9 Å². The molecule has 2 aromatic rings. The lowest BCUT2D eigenvalue weighted by atomic mass is 10.2. The van der Waals surface area contributed by atoms with Crippen LogP contribution in [0.25, 0.3) is 0 Å². The van der Waals surface area contributed by atoms with E-state index in [1.807, 2.05) is 5.38 Å². The van der Waals surface area contributed by atoms with Crippen LogP contribution in [0.5, 0.6) is 5.75 Å². The summed E-state index contributed by atoms with van der Waals surface area (Å²) < 4.78 is 5.48. The lowest BCUT2D eigenvalue weighted by Crippen LogP contribution is -1.98. The second-order valence-corrected chi connectivity index (χ2v) is 4.96. The molecule has 0 aliphatic heterocycles. The lowest BCUT2D eigenvalue weighted by Gasteiger charge is -2.09. The molecule has 6 heteroatoms. The number of rotatable bonds is 4. The van der Waals surface area contributed by atoms with Crippen molar-refractivity contribution >= 4 is 40.8 Å². The molecule has 0 N–H and O–H groups in total. The van der Waals surface area contributed by atoms with Crippen molar-refractivity contribution in [2.45, 2.75) is 6.61 Å². The zero-order valence-electron chi connectivity index (χ0n) is 8.52. The number of benzene rings is 1. The number of hydrogen-bond acceptors (Lipinski definition) is 4. The number of halogens is 2. The molecule has 17 heavy (non-hydrogen) atoms. The highest BCUT2D eigenvalue weighted by Gasteiger charge is 2.11. The van der Waals surface area contributed by atoms with Gasteiger partial charge in [0.05, 0.1) is 10.6 Å². The molecular weight excluding hydrogens is 281 g/mol. The molecule has 1 heterocycles. The molecule has 0 fully saturated rings. The number of aromatic nitrogens is 1. The van der Waals surface area contributed by atoms with Gasteiger partial charge in [0.2, 0.25) is 0 Å². The molecule has 0 saturated carbocycles. The molecule has 1 aromatic heterocycles. The van der Waals surface area contributed by atoms with Gasteiger partial charge in [-0.25, -0.2) is 4.98 Å². The summed E-state index contributed by atoms with van der Waals surface area (Å²) in [5.74, 6) is 0.335. The number of ether oxygens (including phenoxy) is 1. The largest absolute Gasteiger partial charge is 0.484 e. The number of nitrogens with zero attached hydrogens (tertiary/aromatic N) is 1. The van der Waals surface area contributed by atoms with Gasteiger partial charge in [0.1, 0.15) is 17.4 Å². The van der Waals surface area contributed by atoms with E-state index in [0.717, 1.165) is 5.01 Å². The maximum absolute atomic E-state index is 10.9. The first-order valence-electron chi connectivity index (χ1n) is 4.66. The zero-order chi connectivity index (χ0) is 12.3. The molecule has 0 aliphatic rings. The van der Waals surface area contributed by atoms with Crippen LogP contribution < -0.4 is 4.74 Å². The van der Waals surface area contributed by atoms with Crippen molar-refractivity contribution < 1.29 is 9.53 Å². The number of hydrogen-bond donors (Lipinski definition) is 0. The molecule has 0 radical (unpaired) electrons. The lowest BCUT2D eigenvalue weighted by molar-refractivity contribution is 0.111. The van der Waals surface area contributed by atoms with Crippen LogP contribution in [0.4, 0.5) is 0 Å². The van der Waals surface area contributed by atoms with Gasteiger partial charge >= 0.3 is 0 Å². The van der Waals surface area contributed by atoms with Gasteiger partial charge in [-0.2, -0.15) is 0 Å². The Labute approximate surface area is 112 Å². The third-order valence-corrected chi connectivity index (χ3v) is 3.24. The molecule has 2 rings (SSSR count). The van der Waals surface area contributed by atoms with Crippen molar-refractivity contribution in [3.63, 3.8) is 0 Å². The van der Waals surface area contributed by atoms with E-state index in [1.54, 1.807) is 6.20 Å². The van der Waals surface area contributed by atoms with Crippen LogP contribution in [-0.2, 0) is 6.61 Å². The monoisotopic (exact) mass is 287 g/mol. The van der Waals surface area contributed by atoms with Gasteiger partial charge in [-0.05, 0) is 12.1 Å². The van der Waals surface area contributed by atoms with Gasteiger partial charge in [0.15, 0.2) is 6.29 Å². The summed E-state index contributed by atoms with van der Waals surface area (Å²) in [5.41, 5.74) is 0.332. The topological polar surface area (TPSA) is 39.2 Å². The van der Waals surface area contributed by atoms with Crippen molar-refractivity contribution in [3.05, 3.63) is 44.3 Å². The molecule has 0 amide bonds. The Kier molecular flexibility index (Phi) is 3.99. The zero-order valence-corrected chi connectivity index (χ0v) is 10.9. The SMILES string of the molecule is O=Cc1cc(Cl)cc(Cl)c1OCc1nccs1. The van der Waals surface area contributed by atoms with E-state index >= 15 is 0 Å². The molecule has 3 nitrogen and oxygen atoms in total. The number of aldehydes is 1. The van der Waals surface area contributed by atoms with E-state index < -0.39 is 0 Å². The van der Waals surface area contributed by atoms with E-state index in [2.05, 4.69) is 4.98 Å². The smallest absolute Gasteiger partial charge is 0.153 e. The quantitative estimate of drug-likeness (QED) is 0.802. The average Bonchev–Trinajstić information content (AvgIpc) is 2.79. The molecule has 0 unspecified atom stereocenters. The second-order valence-electron chi connectivity index (χ2n) is 3.14. The third-order valence-electron chi connectivity index (χ3n) is 1.99. The fourth-order valence-corrected chi connectivity index (χ4v) is 2.37. The van der Waals surface area contributed by atoms with Crippen molar-refractivity contribution in [3.8, 4) is 5.75 Å². The normalized spacial score (nSPS) is 10.2. The van der Waals surface area contributed by atoms with Crippen molar-refractivity contribution in [1.29, 1.82) is 0 Å². The van der Waals surface area contributed by atoms with Gasteiger partial charge in [-0.1, -0.05) is 23.2 Å². The molecule has 88 valence electrons. The maximum Gasteiger partial charge on any atom is 0.153 e. The van der Waals surface area contributed by atoms with Crippen LogP contribution in [0.2, 0.25) is 10.0 Å². The van der Waals surface area contributed by atoms with Crippen molar-refractivity contribution in [2.75, 3.05) is 0 Å². The Morgan fingerprint density at radius 3 is 2.88 bits per heavy atom. The summed E-state index contributed by atoms with van der Waals surface area (Å²) in [5, 5.41) is 3.38. The number of thiazole rings is 1. The predicted octanol–water partition coefficient (Wildman–Crippen LogP) is 3.84.